The first-order valence-corrected chi connectivity index (χ1v) is 15.7. The molecule has 32 heavy (non-hydrogen) atoms. The van der Waals surface area contributed by atoms with E-state index in [0.29, 0.717) is 59.3 Å². The van der Waals surface area contributed by atoms with Gasteiger partial charge in [-0.15, -0.1) is 0 Å². The Hall–Kier alpha value is 0.820. The third-order valence-electron chi connectivity index (χ3n) is 6.07. The molecule has 0 amide bonds. The van der Waals surface area contributed by atoms with Crippen molar-refractivity contribution in [3.63, 3.8) is 0 Å². The zero-order valence-electron chi connectivity index (χ0n) is 18.0. The Kier molecular flexibility index (Phi) is 7.99. The van der Waals surface area contributed by atoms with Crippen LogP contribution in [0.5, 0.6) is 0 Å². The summed E-state index contributed by atoms with van der Waals surface area (Å²) >= 11 is 13.0. The van der Waals surface area contributed by atoms with Gasteiger partial charge in [-0.2, -0.15) is 13.5 Å². The molecule has 182 valence electrons. The minimum Gasteiger partial charge on any atom is -0.379 e. The molecule has 16 heteroatoms. The van der Waals surface area contributed by atoms with Crippen LogP contribution in [0.1, 0.15) is 0 Å². The zero-order valence-corrected chi connectivity index (χ0v) is 22.2. The molecule has 5 aliphatic rings. The molecule has 0 saturated carbocycles. The topological polar surface area (TPSA) is 87.0 Å². The highest BCUT2D eigenvalue weighted by Crippen LogP contribution is 2.75. The van der Waals surface area contributed by atoms with E-state index in [0.717, 1.165) is 47.8 Å². The third-order valence-corrected chi connectivity index (χ3v) is 15.6. The van der Waals surface area contributed by atoms with Crippen molar-refractivity contribution in [2.75, 3.05) is 98.6 Å². The molecule has 0 N–H and O–H groups in total. The lowest BCUT2D eigenvalue weighted by Crippen LogP contribution is -2.48. The van der Waals surface area contributed by atoms with Gasteiger partial charge in [-0.1, -0.05) is 23.2 Å². The van der Waals surface area contributed by atoms with Crippen molar-refractivity contribution in [2.45, 2.75) is 4.52 Å². The molecular formula is C16H30Cl2N7O4P3. The largest absolute Gasteiger partial charge is 0.379 e. The highest BCUT2D eigenvalue weighted by Gasteiger charge is 2.48. The Labute approximate surface area is 200 Å². The smallest absolute Gasteiger partial charge is 0.230 e. The molecule has 1 unspecified atom stereocenters. The van der Waals surface area contributed by atoms with Crippen LogP contribution in [0.25, 0.3) is 0 Å². The number of rotatable bonds is 4. The van der Waals surface area contributed by atoms with Gasteiger partial charge in [-0.25, -0.2) is 18.7 Å². The van der Waals surface area contributed by atoms with Crippen LogP contribution in [-0.2, 0) is 18.9 Å². The maximum atomic E-state index is 6.48. The third kappa shape index (κ3) is 4.90. The summed E-state index contributed by atoms with van der Waals surface area (Å²) < 4.78 is 47.0. The molecule has 11 nitrogen and oxygen atoms in total. The van der Waals surface area contributed by atoms with Crippen molar-refractivity contribution in [1.29, 1.82) is 0 Å². The van der Waals surface area contributed by atoms with Crippen LogP contribution in [0.15, 0.2) is 13.5 Å². The van der Waals surface area contributed by atoms with Gasteiger partial charge in [0.25, 0.3) is 0 Å². The molecule has 5 rings (SSSR count). The summed E-state index contributed by atoms with van der Waals surface area (Å²) in [6.07, 6.45) is 0. The number of nitrogens with zero attached hydrogens (tertiary/aromatic N) is 7. The second-order valence-electron chi connectivity index (χ2n) is 8.00. The molecule has 0 aromatic heterocycles. The van der Waals surface area contributed by atoms with Crippen LogP contribution < -0.4 is 0 Å². The number of morpholine rings is 4. The summed E-state index contributed by atoms with van der Waals surface area (Å²) in [5.41, 5.74) is 0. The van der Waals surface area contributed by atoms with Gasteiger partial charge in [0.15, 0.2) is 8.52 Å². The number of hydrogen-bond donors (Lipinski definition) is 0. The van der Waals surface area contributed by atoms with E-state index in [-0.39, 0.29) is 0 Å². The van der Waals surface area contributed by atoms with Crippen LogP contribution in [0.3, 0.4) is 0 Å². The van der Waals surface area contributed by atoms with Gasteiger partial charge < -0.3 is 18.9 Å². The maximum Gasteiger partial charge on any atom is 0.230 e. The van der Waals surface area contributed by atoms with Crippen molar-refractivity contribution in [3.05, 3.63) is 0 Å². The predicted molar refractivity (Wildman–Crippen MR) is 127 cm³/mol. The van der Waals surface area contributed by atoms with E-state index in [1.807, 2.05) is 0 Å². The molecular weight excluding hydrogens is 518 g/mol. The molecule has 5 heterocycles. The average molecular weight is 548 g/mol. The summed E-state index contributed by atoms with van der Waals surface area (Å²) in [5, 5.41) is 0. The Balaban J connectivity index is 1.63. The van der Waals surface area contributed by atoms with Crippen LogP contribution in [-0.4, -0.2) is 122 Å². The van der Waals surface area contributed by atoms with Gasteiger partial charge in [0.1, 0.15) is 0 Å². The van der Waals surface area contributed by atoms with E-state index in [2.05, 4.69) is 18.7 Å². The maximum absolute atomic E-state index is 6.48. The Morgan fingerprint density at radius 1 is 0.656 bits per heavy atom. The van der Waals surface area contributed by atoms with Crippen molar-refractivity contribution in [2.24, 2.45) is 13.5 Å². The second kappa shape index (κ2) is 10.4. The Bertz CT molecular complexity index is 795. The Morgan fingerprint density at radius 2 is 1.12 bits per heavy atom. The van der Waals surface area contributed by atoms with E-state index in [4.69, 9.17) is 55.7 Å². The summed E-state index contributed by atoms with van der Waals surface area (Å²) in [6.45, 7) is 10.4. The van der Waals surface area contributed by atoms with Gasteiger partial charge in [-0.05, 0) is 0 Å². The fraction of sp³-hybridized carbons (Fsp3) is 1.00. The molecule has 0 bridgehead atoms. The molecule has 0 radical (unpaired) electrons. The van der Waals surface area contributed by atoms with Crippen LogP contribution in [0, 0.1) is 0 Å². The van der Waals surface area contributed by atoms with Crippen molar-refractivity contribution in [1.82, 2.24) is 18.7 Å². The molecule has 1 atom stereocenters. The molecule has 0 aromatic carbocycles. The lowest BCUT2D eigenvalue weighted by molar-refractivity contribution is 0.0158. The highest BCUT2D eigenvalue weighted by molar-refractivity contribution is 7.77. The SMILES string of the molecule is ClC1(Cl)CN(P2(N3CCOCC3)=NP=NP(N3CCOCC3)(N3CCOCC3)=N2)CCO1. The normalized spacial score (nSPS) is 35.7. The van der Waals surface area contributed by atoms with E-state index in [1.165, 1.54) is 0 Å². The van der Waals surface area contributed by atoms with Gasteiger partial charge >= 0.3 is 0 Å². The molecule has 0 aliphatic carbocycles. The van der Waals surface area contributed by atoms with Crippen molar-refractivity contribution >= 4 is 46.7 Å². The highest BCUT2D eigenvalue weighted by atomic mass is 35.5. The summed E-state index contributed by atoms with van der Waals surface area (Å²) in [5.74, 6) is 0. The summed E-state index contributed by atoms with van der Waals surface area (Å²) in [4.78, 5) is 0. The van der Waals surface area contributed by atoms with E-state index in [1.54, 1.807) is 0 Å². The van der Waals surface area contributed by atoms with E-state index < -0.39 is 19.5 Å². The van der Waals surface area contributed by atoms with Gasteiger partial charge in [-0.3, -0.25) is 0 Å². The quantitative estimate of drug-likeness (QED) is 0.391. The van der Waals surface area contributed by atoms with Gasteiger partial charge in [0, 0.05) is 45.8 Å². The van der Waals surface area contributed by atoms with Crippen LogP contribution >= 0.6 is 46.7 Å². The standard InChI is InChI=1S/C16H30Cl2N7O4P3/c17-16(18)15-25(7-14-29-16)32(24-5-12-28-13-6-24)20-30-19-31(21-32,22-1-8-26-9-2-22)23-3-10-27-11-4-23/h1-15H2. The van der Waals surface area contributed by atoms with E-state index in [9.17, 15) is 0 Å². The zero-order chi connectivity index (χ0) is 22.1. The Morgan fingerprint density at radius 3 is 1.62 bits per heavy atom. The minimum atomic E-state index is -2.51. The molecule has 4 saturated heterocycles. The molecule has 0 spiro atoms. The monoisotopic (exact) mass is 547 g/mol. The van der Waals surface area contributed by atoms with Gasteiger partial charge in [0.2, 0.25) is 19.5 Å². The first-order valence-electron chi connectivity index (χ1n) is 11.0. The summed E-state index contributed by atoms with van der Waals surface area (Å²) in [7, 11) is -4.18. The first-order chi connectivity index (χ1) is 15.5. The lowest BCUT2D eigenvalue weighted by Gasteiger charge is -2.50. The van der Waals surface area contributed by atoms with Crippen molar-refractivity contribution in [3.8, 4) is 0 Å². The number of halogens is 2. The lowest BCUT2D eigenvalue weighted by atomic mass is 10.5. The number of alkyl halides is 2. The number of hydrogen-bond acceptors (Lipinski definition) is 11. The molecule has 0 aromatic rings. The first kappa shape index (κ1) is 24.5. The van der Waals surface area contributed by atoms with Crippen LogP contribution in [0.4, 0.5) is 0 Å². The minimum absolute atomic E-state index is 0.357. The van der Waals surface area contributed by atoms with Crippen molar-refractivity contribution < 1.29 is 18.9 Å². The molecule has 4 fully saturated rings. The predicted octanol–water partition coefficient (Wildman–Crippen LogP) is 3.40. The molecule has 5 aliphatic heterocycles. The second-order valence-corrected chi connectivity index (χ2v) is 16.2. The van der Waals surface area contributed by atoms with Crippen LogP contribution in [0.2, 0.25) is 0 Å². The fourth-order valence-corrected chi connectivity index (χ4v) is 15.8. The van der Waals surface area contributed by atoms with E-state index >= 15 is 0 Å². The fourth-order valence-electron chi connectivity index (χ4n) is 4.46. The summed E-state index contributed by atoms with van der Waals surface area (Å²) in [6, 6.07) is 0. The average Bonchev–Trinajstić information content (AvgIpc) is 2.85. The number of ether oxygens (including phenoxy) is 4. The van der Waals surface area contributed by atoms with Gasteiger partial charge in [0.05, 0.1) is 52.8 Å².